The van der Waals surface area contributed by atoms with Crippen molar-refractivity contribution in [1.29, 1.82) is 0 Å². The Morgan fingerprint density at radius 2 is 1.86 bits per heavy atom. The molecule has 0 saturated heterocycles. The Hall–Kier alpha value is -1.56. The molecule has 1 heterocycles. The summed E-state index contributed by atoms with van der Waals surface area (Å²) in [7, 11) is 0. The van der Waals surface area contributed by atoms with E-state index in [0.717, 1.165) is 10.0 Å². The first-order valence-corrected chi connectivity index (χ1v) is 7.44. The molecule has 0 radical (unpaired) electrons. The van der Waals surface area contributed by atoms with Crippen LogP contribution in [0.15, 0.2) is 45.4 Å². The SMILES string of the molecule is Nc1c(Cl)cc(Cl)cc1-c1nc(-c2ccccc2Br)no1. The smallest absolute Gasteiger partial charge is 0.260 e. The van der Waals surface area contributed by atoms with Gasteiger partial charge in [-0.05, 0) is 24.3 Å². The summed E-state index contributed by atoms with van der Waals surface area (Å²) in [5, 5.41) is 4.76. The molecular formula is C14H8BrCl2N3O. The number of halogens is 3. The fourth-order valence-electron chi connectivity index (χ4n) is 1.85. The van der Waals surface area contributed by atoms with Gasteiger partial charge in [0.1, 0.15) is 0 Å². The molecule has 0 fully saturated rings. The van der Waals surface area contributed by atoms with Gasteiger partial charge in [0, 0.05) is 15.1 Å². The van der Waals surface area contributed by atoms with Crippen molar-refractivity contribution in [2.75, 3.05) is 5.73 Å². The number of nitrogen functional groups attached to an aromatic ring is 1. The van der Waals surface area contributed by atoms with Crippen molar-refractivity contribution >= 4 is 44.8 Å². The first-order chi connectivity index (χ1) is 10.1. The summed E-state index contributed by atoms with van der Waals surface area (Å²) in [5.74, 6) is 0.718. The molecule has 2 aromatic carbocycles. The van der Waals surface area contributed by atoms with Crippen molar-refractivity contribution in [2.45, 2.75) is 0 Å². The van der Waals surface area contributed by atoms with Crippen LogP contribution in [-0.2, 0) is 0 Å². The maximum atomic E-state index is 6.01. The average Bonchev–Trinajstić information content (AvgIpc) is 2.92. The van der Waals surface area contributed by atoms with Crippen LogP contribution in [0.1, 0.15) is 0 Å². The maximum Gasteiger partial charge on any atom is 0.260 e. The number of hydrogen-bond acceptors (Lipinski definition) is 4. The first-order valence-electron chi connectivity index (χ1n) is 5.90. The lowest BCUT2D eigenvalue weighted by Gasteiger charge is -2.03. The summed E-state index contributed by atoms with van der Waals surface area (Å²) in [6, 6.07) is 10.8. The minimum absolute atomic E-state index is 0.266. The summed E-state index contributed by atoms with van der Waals surface area (Å²) in [6.07, 6.45) is 0. The van der Waals surface area contributed by atoms with E-state index >= 15 is 0 Å². The molecule has 7 heteroatoms. The lowest BCUT2D eigenvalue weighted by Crippen LogP contribution is -1.92. The van der Waals surface area contributed by atoms with Gasteiger partial charge in [0.05, 0.1) is 16.3 Å². The van der Waals surface area contributed by atoms with E-state index in [1.165, 1.54) is 0 Å². The number of aromatic nitrogens is 2. The molecule has 21 heavy (non-hydrogen) atoms. The highest BCUT2D eigenvalue weighted by atomic mass is 79.9. The number of anilines is 1. The van der Waals surface area contributed by atoms with Gasteiger partial charge in [-0.25, -0.2) is 0 Å². The van der Waals surface area contributed by atoms with Gasteiger partial charge in [0.15, 0.2) is 0 Å². The third-order valence-electron chi connectivity index (χ3n) is 2.87. The zero-order valence-corrected chi connectivity index (χ0v) is 13.6. The Labute approximate surface area is 139 Å². The molecule has 0 aliphatic heterocycles. The molecule has 0 spiro atoms. The van der Waals surface area contributed by atoms with Crippen LogP contribution in [-0.4, -0.2) is 10.1 Å². The van der Waals surface area contributed by atoms with Gasteiger partial charge in [-0.1, -0.05) is 56.4 Å². The number of nitrogens with two attached hydrogens (primary N) is 1. The van der Waals surface area contributed by atoms with Crippen LogP contribution >= 0.6 is 39.1 Å². The van der Waals surface area contributed by atoms with Gasteiger partial charge >= 0.3 is 0 Å². The fraction of sp³-hybridized carbons (Fsp3) is 0. The molecule has 0 amide bonds. The van der Waals surface area contributed by atoms with Gasteiger partial charge in [0.25, 0.3) is 5.89 Å². The van der Waals surface area contributed by atoms with Crippen molar-refractivity contribution in [3.8, 4) is 22.8 Å². The number of hydrogen-bond donors (Lipinski definition) is 1. The molecule has 0 saturated carbocycles. The van der Waals surface area contributed by atoms with E-state index in [-0.39, 0.29) is 5.89 Å². The van der Waals surface area contributed by atoms with Gasteiger partial charge in [-0.15, -0.1) is 0 Å². The largest absolute Gasteiger partial charge is 0.397 e. The second-order valence-electron chi connectivity index (χ2n) is 4.25. The molecule has 0 aliphatic carbocycles. The number of rotatable bonds is 2. The summed E-state index contributed by atoms with van der Waals surface area (Å²) in [5.41, 5.74) is 7.62. The Morgan fingerprint density at radius 3 is 2.62 bits per heavy atom. The van der Waals surface area contributed by atoms with Gasteiger partial charge < -0.3 is 10.3 Å². The summed E-state index contributed by atoms with van der Waals surface area (Å²) in [4.78, 5) is 4.35. The van der Waals surface area contributed by atoms with E-state index in [1.54, 1.807) is 12.1 Å². The lowest BCUT2D eigenvalue weighted by atomic mass is 10.2. The van der Waals surface area contributed by atoms with Crippen LogP contribution in [0.3, 0.4) is 0 Å². The van der Waals surface area contributed by atoms with Crippen LogP contribution in [0.4, 0.5) is 5.69 Å². The van der Waals surface area contributed by atoms with Crippen molar-refractivity contribution in [2.24, 2.45) is 0 Å². The number of benzene rings is 2. The van der Waals surface area contributed by atoms with Crippen molar-refractivity contribution in [3.63, 3.8) is 0 Å². The summed E-state index contributed by atoms with van der Waals surface area (Å²) in [6.45, 7) is 0. The molecule has 106 valence electrons. The quantitative estimate of drug-likeness (QED) is 0.627. The normalized spacial score (nSPS) is 10.8. The minimum atomic E-state index is 0.266. The molecule has 1 aromatic heterocycles. The van der Waals surface area contributed by atoms with E-state index in [2.05, 4.69) is 26.1 Å². The Morgan fingerprint density at radius 1 is 1.10 bits per heavy atom. The minimum Gasteiger partial charge on any atom is -0.397 e. The highest BCUT2D eigenvalue weighted by molar-refractivity contribution is 9.10. The lowest BCUT2D eigenvalue weighted by molar-refractivity contribution is 0.432. The van der Waals surface area contributed by atoms with Crippen LogP contribution in [0.25, 0.3) is 22.8 Å². The first kappa shape index (κ1) is 14.4. The van der Waals surface area contributed by atoms with Crippen molar-refractivity contribution < 1.29 is 4.52 Å². The molecule has 0 bridgehead atoms. The molecule has 2 N–H and O–H groups in total. The molecule has 0 unspecified atom stereocenters. The zero-order chi connectivity index (χ0) is 15.0. The maximum absolute atomic E-state index is 6.01. The van der Waals surface area contributed by atoms with Crippen LogP contribution in [0, 0.1) is 0 Å². The van der Waals surface area contributed by atoms with Crippen molar-refractivity contribution in [1.82, 2.24) is 10.1 Å². The van der Waals surface area contributed by atoms with E-state index in [1.807, 2.05) is 24.3 Å². The second-order valence-corrected chi connectivity index (χ2v) is 5.95. The summed E-state index contributed by atoms with van der Waals surface area (Å²) >= 11 is 15.4. The van der Waals surface area contributed by atoms with E-state index < -0.39 is 0 Å². The molecular weight excluding hydrogens is 377 g/mol. The van der Waals surface area contributed by atoms with Crippen LogP contribution in [0.2, 0.25) is 10.0 Å². The topological polar surface area (TPSA) is 64.9 Å². The molecule has 4 nitrogen and oxygen atoms in total. The average molecular weight is 385 g/mol. The third kappa shape index (κ3) is 2.77. The predicted octanol–water partition coefficient (Wildman–Crippen LogP) is 5.06. The van der Waals surface area contributed by atoms with Crippen LogP contribution in [0.5, 0.6) is 0 Å². The standard InChI is InChI=1S/C14H8BrCl2N3O/c15-10-4-2-1-3-8(10)13-19-14(21-20-13)9-5-7(16)6-11(17)12(9)18/h1-6H,18H2. The number of nitrogens with zero attached hydrogens (tertiary/aromatic N) is 2. The molecule has 0 aliphatic rings. The Kier molecular flexibility index (Phi) is 3.89. The van der Waals surface area contributed by atoms with Crippen molar-refractivity contribution in [3.05, 3.63) is 50.9 Å². The van der Waals surface area contributed by atoms with Gasteiger partial charge in [-0.2, -0.15) is 4.98 Å². The van der Waals surface area contributed by atoms with Gasteiger partial charge in [-0.3, -0.25) is 0 Å². The van der Waals surface area contributed by atoms with Gasteiger partial charge in [0.2, 0.25) is 5.82 Å². The predicted molar refractivity (Wildman–Crippen MR) is 87.3 cm³/mol. The third-order valence-corrected chi connectivity index (χ3v) is 4.09. The summed E-state index contributed by atoms with van der Waals surface area (Å²) < 4.78 is 6.14. The zero-order valence-electron chi connectivity index (χ0n) is 10.5. The highest BCUT2D eigenvalue weighted by Crippen LogP contribution is 2.35. The highest BCUT2D eigenvalue weighted by Gasteiger charge is 2.16. The molecule has 3 rings (SSSR count). The Balaban J connectivity index is 2.09. The second kappa shape index (κ2) is 5.67. The van der Waals surface area contributed by atoms with E-state index in [0.29, 0.717) is 27.1 Å². The monoisotopic (exact) mass is 383 g/mol. The van der Waals surface area contributed by atoms with E-state index in [4.69, 9.17) is 33.5 Å². The molecule has 0 atom stereocenters. The fourth-order valence-corrected chi connectivity index (χ4v) is 2.80. The van der Waals surface area contributed by atoms with E-state index in [9.17, 15) is 0 Å². The van der Waals surface area contributed by atoms with Crippen LogP contribution < -0.4 is 5.73 Å². The molecule has 3 aromatic rings. The Bertz CT molecular complexity index is 820.